The van der Waals surface area contributed by atoms with Crippen LogP contribution in [0.5, 0.6) is 0 Å². The lowest BCUT2D eigenvalue weighted by molar-refractivity contribution is 0.537. The Morgan fingerprint density at radius 3 is 2.32 bits per heavy atom. The van der Waals surface area contributed by atoms with E-state index in [9.17, 15) is 0 Å². The molecule has 0 fully saturated rings. The van der Waals surface area contributed by atoms with Crippen LogP contribution >= 0.6 is 11.6 Å². The van der Waals surface area contributed by atoms with E-state index in [0.717, 1.165) is 18.0 Å². The van der Waals surface area contributed by atoms with Gasteiger partial charge in [0.15, 0.2) is 0 Å². The number of halogens is 1. The quantitative estimate of drug-likeness (QED) is 0.802. The minimum absolute atomic E-state index is 0.420. The summed E-state index contributed by atoms with van der Waals surface area (Å²) in [6.07, 6.45) is 1.09. The monoisotopic (exact) mass is 273 g/mol. The largest absolute Gasteiger partial charge is 0.310 e. The maximum Gasteiger partial charge on any atom is 0.0412 e. The van der Waals surface area contributed by atoms with Crippen LogP contribution in [0.3, 0.4) is 0 Å². The molecule has 0 saturated carbocycles. The molecule has 0 amide bonds. The number of hydrogen-bond acceptors (Lipinski definition) is 1. The number of benzene rings is 2. The molecule has 1 nitrogen and oxygen atoms in total. The van der Waals surface area contributed by atoms with E-state index in [1.807, 2.05) is 18.2 Å². The van der Waals surface area contributed by atoms with Crippen LogP contribution in [-0.2, 0) is 0 Å². The highest BCUT2D eigenvalue weighted by molar-refractivity contribution is 6.30. The van der Waals surface area contributed by atoms with E-state index in [2.05, 4.69) is 49.5 Å². The molecule has 0 heterocycles. The van der Waals surface area contributed by atoms with Crippen molar-refractivity contribution in [1.82, 2.24) is 5.32 Å². The van der Waals surface area contributed by atoms with Crippen LogP contribution in [-0.4, -0.2) is 6.54 Å². The van der Waals surface area contributed by atoms with Crippen LogP contribution in [0.25, 0.3) is 11.1 Å². The van der Waals surface area contributed by atoms with Gasteiger partial charge in [0.05, 0.1) is 0 Å². The highest BCUT2D eigenvalue weighted by atomic mass is 35.5. The third-order valence-electron chi connectivity index (χ3n) is 3.31. The van der Waals surface area contributed by atoms with Gasteiger partial charge in [-0.15, -0.1) is 0 Å². The zero-order valence-corrected chi connectivity index (χ0v) is 12.2. The summed E-state index contributed by atoms with van der Waals surface area (Å²) >= 11 is 6.06. The molecule has 0 saturated heterocycles. The Bertz CT molecular complexity index is 536. The molecule has 0 bridgehead atoms. The Morgan fingerprint density at radius 1 is 1.00 bits per heavy atom. The smallest absolute Gasteiger partial charge is 0.0412 e. The molecule has 100 valence electrons. The third-order valence-corrected chi connectivity index (χ3v) is 3.54. The van der Waals surface area contributed by atoms with Crippen LogP contribution in [0.4, 0.5) is 0 Å². The van der Waals surface area contributed by atoms with Crippen LogP contribution in [0, 0.1) is 0 Å². The van der Waals surface area contributed by atoms with Gasteiger partial charge in [0, 0.05) is 11.1 Å². The fourth-order valence-electron chi connectivity index (χ4n) is 2.35. The summed E-state index contributed by atoms with van der Waals surface area (Å²) in [5.41, 5.74) is 3.72. The van der Waals surface area contributed by atoms with Crippen molar-refractivity contribution in [3.63, 3.8) is 0 Å². The second-order valence-corrected chi connectivity index (χ2v) is 5.09. The van der Waals surface area contributed by atoms with Gasteiger partial charge in [-0.1, -0.05) is 55.8 Å². The maximum atomic E-state index is 6.06. The average Bonchev–Trinajstić information content (AvgIpc) is 2.45. The molecule has 19 heavy (non-hydrogen) atoms. The van der Waals surface area contributed by atoms with Crippen molar-refractivity contribution in [1.29, 1.82) is 0 Å². The summed E-state index contributed by atoms with van der Waals surface area (Å²) in [7, 11) is 0. The normalized spacial score (nSPS) is 12.4. The van der Waals surface area contributed by atoms with Crippen molar-refractivity contribution in [2.24, 2.45) is 0 Å². The number of rotatable bonds is 5. The van der Waals surface area contributed by atoms with Crippen LogP contribution in [0.1, 0.15) is 31.9 Å². The Morgan fingerprint density at radius 2 is 1.68 bits per heavy atom. The van der Waals surface area contributed by atoms with Crippen molar-refractivity contribution in [2.45, 2.75) is 26.3 Å². The first-order valence-corrected chi connectivity index (χ1v) is 7.21. The Balaban J connectivity index is 2.33. The summed E-state index contributed by atoms with van der Waals surface area (Å²) in [6.45, 7) is 5.34. The Hall–Kier alpha value is -1.31. The first-order chi connectivity index (χ1) is 9.24. The minimum atomic E-state index is 0.420. The molecule has 0 aromatic heterocycles. The van der Waals surface area contributed by atoms with E-state index < -0.39 is 0 Å². The van der Waals surface area contributed by atoms with Crippen molar-refractivity contribution >= 4 is 11.6 Å². The molecule has 2 heteroatoms. The van der Waals surface area contributed by atoms with E-state index in [-0.39, 0.29) is 0 Å². The maximum absolute atomic E-state index is 6.06. The Labute approximate surface area is 120 Å². The van der Waals surface area contributed by atoms with Gasteiger partial charge >= 0.3 is 0 Å². The molecule has 0 spiro atoms. The van der Waals surface area contributed by atoms with Gasteiger partial charge in [-0.05, 0) is 47.9 Å². The van der Waals surface area contributed by atoms with Crippen molar-refractivity contribution in [3.8, 4) is 11.1 Å². The lowest BCUT2D eigenvalue weighted by atomic mass is 9.98. The molecule has 0 aliphatic carbocycles. The summed E-state index contributed by atoms with van der Waals surface area (Å²) < 4.78 is 0. The summed E-state index contributed by atoms with van der Waals surface area (Å²) in [5.74, 6) is 0. The number of nitrogens with one attached hydrogen (secondary N) is 1. The molecule has 2 aromatic rings. The summed E-state index contributed by atoms with van der Waals surface area (Å²) in [6, 6.07) is 17.1. The predicted octanol–water partition coefficient (Wildman–Crippen LogP) is 5.07. The minimum Gasteiger partial charge on any atom is -0.310 e. The molecule has 1 N–H and O–H groups in total. The van der Waals surface area contributed by atoms with E-state index in [0.29, 0.717) is 6.04 Å². The van der Waals surface area contributed by atoms with Crippen molar-refractivity contribution < 1.29 is 0 Å². The number of hydrogen-bond donors (Lipinski definition) is 1. The molecule has 0 radical (unpaired) electrons. The van der Waals surface area contributed by atoms with E-state index in [1.165, 1.54) is 16.7 Å². The first kappa shape index (κ1) is 14.1. The predicted molar refractivity (Wildman–Crippen MR) is 83.6 cm³/mol. The SMILES string of the molecule is CCNC(CC)c1cccc(-c2cccc(Cl)c2)c1. The molecule has 2 aromatic carbocycles. The third kappa shape index (κ3) is 3.59. The van der Waals surface area contributed by atoms with Gasteiger partial charge in [0.25, 0.3) is 0 Å². The van der Waals surface area contributed by atoms with Gasteiger partial charge < -0.3 is 5.32 Å². The van der Waals surface area contributed by atoms with E-state index in [4.69, 9.17) is 11.6 Å². The van der Waals surface area contributed by atoms with Gasteiger partial charge in [-0.2, -0.15) is 0 Å². The first-order valence-electron chi connectivity index (χ1n) is 6.84. The molecule has 1 atom stereocenters. The fourth-order valence-corrected chi connectivity index (χ4v) is 2.54. The van der Waals surface area contributed by atoms with E-state index >= 15 is 0 Å². The molecule has 0 aliphatic heterocycles. The van der Waals surface area contributed by atoms with Crippen LogP contribution < -0.4 is 5.32 Å². The van der Waals surface area contributed by atoms with E-state index in [1.54, 1.807) is 0 Å². The zero-order valence-electron chi connectivity index (χ0n) is 11.5. The Kier molecular flexibility index (Phi) is 5.00. The summed E-state index contributed by atoms with van der Waals surface area (Å²) in [5, 5.41) is 4.29. The van der Waals surface area contributed by atoms with Gasteiger partial charge in [0.2, 0.25) is 0 Å². The van der Waals surface area contributed by atoms with Crippen molar-refractivity contribution in [3.05, 3.63) is 59.1 Å². The van der Waals surface area contributed by atoms with Crippen LogP contribution in [0.2, 0.25) is 5.02 Å². The molecule has 0 aliphatic rings. The van der Waals surface area contributed by atoms with Crippen molar-refractivity contribution in [2.75, 3.05) is 6.54 Å². The fraction of sp³-hybridized carbons (Fsp3) is 0.294. The second kappa shape index (κ2) is 6.74. The highest BCUT2D eigenvalue weighted by Crippen LogP contribution is 2.26. The average molecular weight is 274 g/mol. The lowest BCUT2D eigenvalue weighted by Gasteiger charge is -2.17. The zero-order chi connectivity index (χ0) is 13.7. The molecule has 2 rings (SSSR count). The van der Waals surface area contributed by atoms with Gasteiger partial charge in [-0.3, -0.25) is 0 Å². The van der Waals surface area contributed by atoms with Gasteiger partial charge in [-0.25, -0.2) is 0 Å². The standard InChI is InChI=1S/C17H20ClN/c1-3-17(19-4-2)15-9-5-7-13(11-15)14-8-6-10-16(18)12-14/h5-12,17,19H,3-4H2,1-2H3. The molecular weight excluding hydrogens is 254 g/mol. The summed E-state index contributed by atoms with van der Waals surface area (Å²) in [4.78, 5) is 0. The highest BCUT2D eigenvalue weighted by Gasteiger charge is 2.08. The second-order valence-electron chi connectivity index (χ2n) is 4.65. The van der Waals surface area contributed by atoms with Crippen LogP contribution in [0.15, 0.2) is 48.5 Å². The van der Waals surface area contributed by atoms with Gasteiger partial charge in [0.1, 0.15) is 0 Å². The molecular formula is C17H20ClN. The lowest BCUT2D eigenvalue weighted by Crippen LogP contribution is -2.19. The topological polar surface area (TPSA) is 12.0 Å². The molecule has 1 unspecified atom stereocenters.